The summed E-state index contributed by atoms with van der Waals surface area (Å²) in [5.41, 5.74) is 2.97. The molecule has 1 aliphatic heterocycles. The van der Waals surface area contributed by atoms with Crippen molar-refractivity contribution >= 4 is 33.4 Å². The van der Waals surface area contributed by atoms with E-state index < -0.39 is 5.54 Å². The van der Waals surface area contributed by atoms with Gasteiger partial charge in [0.1, 0.15) is 11.2 Å². The van der Waals surface area contributed by atoms with Crippen LogP contribution in [0.2, 0.25) is 0 Å². The summed E-state index contributed by atoms with van der Waals surface area (Å²) in [5, 5.41) is 5.37. The Morgan fingerprint density at radius 1 is 1.19 bits per heavy atom. The van der Waals surface area contributed by atoms with Crippen LogP contribution in [0.3, 0.4) is 0 Å². The smallest absolute Gasteiger partial charge is 0.271 e. The quantitative estimate of drug-likeness (QED) is 0.601. The fourth-order valence-electron chi connectivity index (χ4n) is 5.22. The van der Waals surface area contributed by atoms with E-state index in [9.17, 15) is 9.59 Å². The summed E-state index contributed by atoms with van der Waals surface area (Å²) in [5.74, 6) is 0.612. The number of hydrogen-bond donors (Lipinski definition) is 1. The molecule has 5 nitrogen and oxygen atoms in total. The highest BCUT2D eigenvalue weighted by Gasteiger charge is 2.48. The molecule has 2 aliphatic rings. The molecule has 1 N–H and O–H groups in total. The van der Waals surface area contributed by atoms with Gasteiger partial charge in [-0.05, 0) is 74.1 Å². The number of carbonyl (C=O) groups excluding carboxylic acids is 2. The van der Waals surface area contributed by atoms with Crippen LogP contribution in [0.5, 0.6) is 0 Å². The van der Waals surface area contributed by atoms with Crippen LogP contribution < -0.4 is 5.32 Å². The van der Waals surface area contributed by atoms with Crippen molar-refractivity contribution in [3.8, 4) is 0 Å². The maximum absolute atomic E-state index is 13.8. The van der Waals surface area contributed by atoms with Crippen LogP contribution in [0.4, 0.5) is 0 Å². The molecule has 1 aliphatic carbocycles. The van der Waals surface area contributed by atoms with Gasteiger partial charge in [0.05, 0.1) is 16.8 Å². The molecule has 168 valence electrons. The van der Waals surface area contributed by atoms with Gasteiger partial charge in [-0.2, -0.15) is 0 Å². The third kappa shape index (κ3) is 3.54. The van der Waals surface area contributed by atoms with Crippen LogP contribution in [0.15, 0.2) is 41.8 Å². The Kier molecular flexibility index (Phi) is 5.36. The summed E-state index contributed by atoms with van der Waals surface area (Å²) in [6.45, 7) is 7.17. The van der Waals surface area contributed by atoms with Crippen molar-refractivity contribution in [3.05, 3.63) is 58.6 Å². The van der Waals surface area contributed by atoms with Crippen LogP contribution in [0.25, 0.3) is 10.2 Å². The number of carbonyl (C=O) groups is 2. The van der Waals surface area contributed by atoms with Crippen LogP contribution in [0.1, 0.15) is 61.1 Å². The summed E-state index contributed by atoms with van der Waals surface area (Å²) >= 11 is 1.64. The van der Waals surface area contributed by atoms with Crippen molar-refractivity contribution in [2.75, 3.05) is 0 Å². The third-order valence-electron chi connectivity index (χ3n) is 7.48. The van der Waals surface area contributed by atoms with Crippen LogP contribution in [0, 0.1) is 12.8 Å². The number of fused-ring (bicyclic) bond motifs is 3. The lowest BCUT2D eigenvalue weighted by atomic mass is 9.86. The lowest BCUT2D eigenvalue weighted by molar-refractivity contribution is -0.134. The second-order valence-corrected chi connectivity index (χ2v) is 10.8. The van der Waals surface area contributed by atoms with E-state index in [0.29, 0.717) is 18.8 Å². The number of nitrogens with one attached hydrogen (secondary N) is 1. The molecule has 1 fully saturated rings. The first kappa shape index (κ1) is 21.3. The van der Waals surface area contributed by atoms with Gasteiger partial charge in [0, 0.05) is 12.6 Å². The number of aryl methyl sites for hydroxylation is 1. The number of nitrogens with zero attached hydrogens (tertiary/aromatic N) is 2. The Morgan fingerprint density at radius 3 is 2.69 bits per heavy atom. The van der Waals surface area contributed by atoms with E-state index in [-0.39, 0.29) is 17.9 Å². The Balaban J connectivity index is 1.52. The number of rotatable bonds is 4. The summed E-state index contributed by atoms with van der Waals surface area (Å²) in [6.07, 6.45) is 4.31. The Morgan fingerprint density at radius 2 is 1.94 bits per heavy atom. The minimum absolute atomic E-state index is 0.0401. The molecule has 32 heavy (non-hydrogen) atoms. The van der Waals surface area contributed by atoms with Gasteiger partial charge in [-0.25, -0.2) is 0 Å². The van der Waals surface area contributed by atoms with Gasteiger partial charge in [0.25, 0.3) is 5.91 Å². The summed E-state index contributed by atoms with van der Waals surface area (Å²) < 4.78 is 3.14. The average Bonchev–Trinajstić information content (AvgIpc) is 3.36. The first-order chi connectivity index (χ1) is 15.4. The maximum atomic E-state index is 13.8. The molecule has 0 spiro atoms. The third-order valence-corrected chi connectivity index (χ3v) is 8.33. The molecule has 5 rings (SSSR count). The number of aromatic nitrogens is 1. The first-order valence-corrected chi connectivity index (χ1v) is 12.5. The van der Waals surface area contributed by atoms with Gasteiger partial charge in [0.2, 0.25) is 5.91 Å². The van der Waals surface area contributed by atoms with E-state index in [0.717, 1.165) is 52.9 Å². The minimum Gasteiger partial charge on any atom is -0.351 e. The minimum atomic E-state index is -0.955. The van der Waals surface area contributed by atoms with E-state index in [4.69, 9.17) is 0 Å². The first-order valence-electron chi connectivity index (χ1n) is 11.6. The predicted molar refractivity (Wildman–Crippen MR) is 129 cm³/mol. The van der Waals surface area contributed by atoms with Gasteiger partial charge in [-0.3, -0.25) is 9.59 Å². The Hall–Kier alpha value is -2.60. The van der Waals surface area contributed by atoms with Gasteiger partial charge in [-0.15, -0.1) is 11.3 Å². The predicted octanol–water partition coefficient (Wildman–Crippen LogP) is 5.12. The highest BCUT2D eigenvalue weighted by molar-refractivity contribution is 7.17. The zero-order valence-corrected chi connectivity index (χ0v) is 19.9. The molecule has 0 bridgehead atoms. The van der Waals surface area contributed by atoms with E-state index in [1.54, 1.807) is 16.2 Å². The fourth-order valence-corrected chi connectivity index (χ4v) is 6.05. The lowest BCUT2D eigenvalue weighted by Gasteiger charge is -2.45. The summed E-state index contributed by atoms with van der Waals surface area (Å²) in [6, 6.07) is 12.3. The molecule has 6 heteroatoms. The molecule has 0 radical (unpaired) electrons. The number of benzene rings is 1. The van der Waals surface area contributed by atoms with Gasteiger partial charge in [0.15, 0.2) is 0 Å². The highest BCUT2D eigenvalue weighted by Crippen LogP contribution is 2.36. The van der Waals surface area contributed by atoms with Crippen molar-refractivity contribution in [1.29, 1.82) is 0 Å². The van der Waals surface area contributed by atoms with Crippen LogP contribution in [-0.2, 0) is 17.9 Å². The molecular formula is C26H31N3O2S. The second-order valence-electron chi connectivity index (χ2n) is 9.81. The molecule has 1 unspecified atom stereocenters. The van der Waals surface area contributed by atoms with Crippen molar-refractivity contribution in [1.82, 2.24) is 14.8 Å². The second kappa shape index (κ2) is 8.07. The lowest BCUT2D eigenvalue weighted by Crippen LogP contribution is -2.64. The average molecular weight is 450 g/mol. The van der Waals surface area contributed by atoms with Crippen LogP contribution in [-0.4, -0.2) is 32.9 Å². The maximum Gasteiger partial charge on any atom is 0.271 e. The molecule has 0 saturated heterocycles. The van der Waals surface area contributed by atoms with Crippen molar-refractivity contribution in [2.45, 2.75) is 71.1 Å². The van der Waals surface area contributed by atoms with Gasteiger partial charge in [-0.1, -0.05) is 31.2 Å². The molecule has 3 aromatic rings. The number of thiophene rings is 1. The molecule has 3 heterocycles. The molecule has 2 aromatic heterocycles. The van der Waals surface area contributed by atoms with Crippen molar-refractivity contribution in [2.24, 2.45) is 5.92 Å². The highest BCUT2D eigenvalue weighted by atomic mass is 32.1. The number of hydrogen-bond acceptors (Lipinski definition) is 3. The normalized spacial score (nSPS) is 25.7. The summed E-state index contributed by atoms with van der Waals surface area (Å²) in [4.78, 5) is 29.4. The zero-order chi connectivity index (χ0) is 22.5. The monoisotopic (exact) mass is 449 g/mol. The Labute approximate surface area is 193 Å². The van der Waals surface area contributed by atoms with Gasteiger partial charge >= 0.3 is 0 Å². The van der Waals surface area contributed by atoms with Crippen LogP contribution >= 0.6 is 11.3 Å². The van der Waals surface area contributed by atoms with E-state index >= 15 is 0 Å². The molecular weight excluding hydrogens is 418 g/mol. The molecule has 1 saturated carbocycles. The van der Waals surface area contributed by atoms with E-state index in [2.05, 4.69) is 37.4 Å². The Bertz CT molecular complexity index is 1170. The largest absolute Gasteiger partial charge is 0.351 e. The van der Waals surface area contributed by atoms with E-state index in [1.807, 2.05) is 35.1 Å². The molecule has 2 amide bonds. The topological polar surface area (TPSA) is 54.3 Å². The molecule has 1 aromatic carbocycles. The SMILES string of the molecule is Cc1ccccc1CN1C(=O)c2cc3sccc3n2CC1(C)C(=O)NC1CCC(C)CC1. The van der Waals surface area contributed by atoms with E-state index in [1.165, 1.54) is 0 Å². The summed E-state index contributed by atoms with van der Waals surface area (Å²) in [7, 11) is 0. The number of amides is 2. The van der Waals surface area contributed by atoms with Gasteiger partial charge < -0.3 is 14.8 Å². The fraction of sp³-hybridized carbons (Fsp3) is 0.462. The van der Waals surface area contributed by atoms with Crippen molar-refractivity contribution in [3.63, 3.8) is 0 Å². The van der Waals surface area contributed by atoms with Crippen molar-refractivity contribution < 1.29 is 9.59 Å². The standard InChI is InChI=1S/C26H31N3O2S/c1-17-8-10-20(11-9-17)27-25(31)26(3)16-28-21-12-13-32-23(21)14-22(28)24(30)29(26)15-19-7-5-4-6-18(19)2/h4-7,12-14,17,20H,8-11,15-16H2,1-3H3,(H,27,31). The molecule has 1 atom stereocenters. The zero-order valence-electron chi connectivity index (χ0n) is 19.1.